The number of piperidine rings is 2. The van der Waals surface area contributed by atoms with Crippen LogP contribution in [0.4, 0.5) is 5.69 Å². The molecule has 4 heterocycles. The summed E-state index contributed by atoms with van der Waals surface area (Å²) in [6.07, 6.45) is 1.61. The van der Waals surface area contributed by atoms with Crippen molar-refractivity contribution in [1.29, 1.82) is 0 Å². The Morgan fingerprint density at radius 1 is 1.29 bits per heavy atom. The van der Waals surface area contributed by atoms with E-state index in [2.05, 4.69) is 26.9 Å². The van der Waals surface area contributed by atoms with E-state index < -0.39 is 4.92 Å². The number of hydrogen-bond acceptors (Lipinski definition) is 6. The number of rotatable bonds is 3. The van der Waals surface area contributed by atoms with Crippen molar-refractivity contribution in [2.24, 2.45) is 21.5 Å². The third-order valence-electron chi connectivity index (χ3n) is 5.29. The van der Waals surface area contributed by atoms with Crippen LogP contribution in [0.1, 0.15) is 12.5 Å². The van der Waals surface area contributed by atoms with Crippen LogP contribution in [0, 0.1) is 21.4 Å². The Bertz CT molecular complexity index is 713. The van der Waals surface area contributed by atoms with Crippen LogP contribution in [-0.2, 0) is 0 Å². The summed E-state index contributed by atoms with van der Waals surface area (Å²) < 4.78 is 0. The van der Waals surface area contributed by atoms with Crippen molar-refractivity contribution in [3.8, 4) is 0 Å². The molecule has 4 saturated heterocycles. The molecule has 0 saturated carbocycles. The van der Waals surface area contributed by atoms with E-state index in [4.69, 9.17) is 0 Å². The van der Waals surface area contributed by atoms with Crippen LogP contribution in [0.25, 0.3) is 0 Å². The summed E-state index contributed by atoms with van der Waals surface area (Å²) in [7, 11) is 0. The van der Waals surface area contributed by atoms with E-state index in [0.717, 1.165) is 39.3 Å². The molecular weight excluding hydrogens is 306 g/mol. The summed E-state index contributed by atoms with van der Waals surface area (Å²) in [6.45, 7) is 8.81. The number of nitro benzene ring substituents is 1. The van der Waals surface area contributed by atoms with E-state index in [1.165, 1.54) is 17.8 Å². The molecule has 1 aromatic carbocycles. The Labute approximate surface area is 140 Å². The van der Waals surface area contributed by atoms with Crippen LogP contribution < -0.4 is 0 Å². The first-order valence-electron chi connectivity index (χ1n) is 8.34. The molecule has 4 bridgehead atoms. The summed E-state index contributed by atoms with van der Waals surface area (Å²) in [5, 5.41) is 19.7. The lowest BCUT2D eigenvalue weighted by atomic mass is 9.72. The maximum absolute atomic E-state index is 10.8. The molecule has 24 heavy (non-hydrogen) atoms. The van der Waals surface area contributed by atoms with Gasteiger partial charge in [0.1, 0.15) is 0 Å². The normalized spacial score (nSPS) is 36.4. The minimum absolute atomic E-state index is 0.0672. The van der Waals surface area contributed by atoms with Gasteiger partial charge in [0.2, 0.25) is 0 Å². The van der Waals surface area contributed by atoms with Gasteiger partial charge in [0, 0.05) is 68.3 Å². The number of hydrogen-bond donors (Lipinski definition) is 0. The Hall–Kier alpha value is -2.12. The van der Waals surface area contributed by atoms with E-state index >= 15 is 0 Å². The van der Waals surface area contributed by atoms with Crippen molar-refractivity contribution in [2.45, 2.75) is 6.92 Å². The van der Waals surface area contributed by atoms with Crippen molar-refractivity contribution in [2.75, 3.05) is 39.3 Å². The topological polar surface area (TPSA) is 74.3 Å². The van der Waals surface area contributed by atoms with Gasteiger partial charge in [-0.2, -0.15) is 10.2 Å². The van der Waals surface area contributed by atoms with E-state index in [9.17, 15) is 10.1 Å². The van der Waals surface area contributed by atoms with Crippen LogP contribution >= 0.6 is 0 Å². The van der Waals surface area contributed by atoms with Crippen LogP contribution in [0.5, 0.6) is 0 Å². The molecule has 4 aliphatic rings. The Kier molecular flexibility index (Phi) is 3.69. The van der Waals surface area contributed by atoms with Crippen LogP contribution in [0.15, 0.2) is 34.5 Å². The van der Waals surface area contributed by atoms with Crippen molar-refractivity contribution in [3.05, 3.63) is 39.9 Å². The maximum atomic E-state index is 10.8. The molecule has 7 nitrogen and oxygen atoms in total. The van der Waals surface area contributed by atoms with E-state index in [1.54, 1.807) is 18.3 Å². The maximum Gasteiger partial charge on any atom is 0.270 e. The molecule has 5 rings (SSSR count). The van der Waals surface area contributed by atoms with Gasteiger partial charge in [-0.25, -0.2) is 0 Å². The Balaban J connectivity index is 1.58. The largest absolute Gasteiger partial charge is 0.300 e. The minimum Gasteiger partial charge on any atom is -0.300 e. The fraction of sp³-hybridized carbons (Fsp3) is 0.529. The average Bonchev–Trinajstić information content (AvgIpc) is 2.77. The molecule has 2 atom stereocenters. The summed E-state index contributed by atoms with van der Waals surface area (Å²) >= 11 is 0. The van der Waals surface area contributed by atoms with Gasteiger partial charge in [0.25, 0.3) is 5.69 Å². The summed E-state index contributed by atoms with van der Waals surface area (Å²) in [5.41, 5.74) is 2.04. The third kappa shape index (κ3) is 2.74. The fourth-order valence-corrected chi connectivity index (χ4v) is 4.38. The molecule has 0 amide bonds. The molecule has 2 unspecified atom stereocenters. The molecule has 7 heteroatoms. The molecular formula is C17H21N5O2. The average molecular weight is 327 g/mol. The summed E-state index contributed by atoms with van der Waals surface area (Å²) in [5.74, 6) is 0.447. The highest BCUT2D eigenvalue weighted by Gasteiger charge is 2.49. The zero-order chi connectivity index (χ0) is 16.7. The van der Waals surface area contributed by atoms with E-state index in [0.29, 0.717) is 11.5 Å². The van der Waals surface area contributed by atoms with Gasteiger partial charge >= 0.3 is 0 Å². The first-order valence-corrected chi connectivity index (χ1v) is 8.34. The second-order valence-corrected chi connectivity index (χ2v) is 7.31. The molecule has 1 aromatic rings. The lowest BCUT2D eigenvalue weighted by Gasteiger charge is -2.48. The fourth-order valence-electron chi connectivity index (χ4n) is 4.38. The molecule has 4 fully saturated rings. The number of benzene rings is 1. The first-order chi connectivity index (χ1) is 11.5. The van der Waals surface area contributed by atoms with Crippen molar-refractivity contribution < 1.29 is 4.92 Å². The second kappa shape index (κ2) is 5.75. The lowest BCUT2D eigenvalue weighted by Crippen LogP contribution is -2.59. The minimum atomic E-state index is -0.394. The monoisotopic (exact) mass is 327 g/mol. The van der Waals surface area contributed by atoms with Gasteiger partial charge in [-0.15, -0.1) is 0 Å². The van der Waals surface area contributed by atoms with Crippen LogP contribution in [0.2, 0.25) is 0 Å². The van der Waals surface area contributed by atoms with Crippen molar-refractivity contribution in [3.63, 3.8) is 0 Å². The molecule has 4 aliphatic heterocycles. The lowest BCUT2D eigenvalue weighted by molar-refractivity contribution is -0.384. The van der Waals surface area contributed by atoms with Gasteiger partial charge in [-0.1, -0.05) is 19.1 Å². The van der Waals surface area contributed by atoms with Gasteiger partial charge < -0.3 is 9.80 Å². The number of fused-ring (bicyclic) bond motifs is 1. The highest BCUT2D eigenvalue weighted by atomic mass is 16.6. The van der Waals surface area contributed by atoms with Crippen LogP contribution in [0.3, 0.4) is 0 Å². The van der Waals surface area contributed by atoms with Crippen molar-refractivity contribution >= 4 is 17.6 Å². The predicted molar refractivity (Wildman–Crippen MR) is 92.6 cm³/mol. The number of nitro groups is 1. The molecule has 0 radical (unpaired) electrons. The number of nitrogens with zero attached hydrogens (tertiary/aromatic N) is 5. The highest BCUT2D eigenvalue weighted by molar-refractivity contribution is 5.95. The zero-order valence-electron chi connectivity index (χ0n) is 13.8. The molecule has 0 spiro atoms. The van der Waals surface area contributed by atoms with E-state index in [1.807, 2.05) is 0 Å². The summed E-state index contributed by atoms with van der Waals surface area (Å²) in [4.78, 5) is 15.5. The van der Waals surface area contributed by atoms with Crippen LogP contribution in [-0.4, -0.2) is 65.9 Å². The first kappa shape index (κ1) is 15.4. The molecule has 0 aromatic heterocycles. The number of non-ortho nitro benzene ring substituents is 1. The zero-order valence-corrected chi connectivity index (χ0v) is 13.8. The second-order valence-electron chi connectivity index (χ2n) is 7.31. The standard InChI is InChI=1S/C17H21N5O2/c1-17-11-20-5-6-21(12-17)10-14(9-20)16(17)19-18-8-13-3-2-4-15(7-13)22(23)24/h2-4,7-8,14H,5-6,9-12H2,1H3/b18-8+,19-16?. The quantitative estimate of drug-likeness (QED) is 0.480. The highest BCUT2D eigenvalue weighted by Crippen LogP contribution is 2.38. The van der Waals surface area contributed by atoms with Gasteiger partial charge in [0.05, 0.1) is 16.8 Å². The third-order valence-corrected chi connectivity index (χ3v) is 5.29. The Morgan fingerprint density at radius 2 is 2.00 bits per heavy atom. The molecule has 0 aliphatic carbocycles. The smallest absolute Gasteiger partial charge is 0.270 e. The van der Waals surface area contributed by atoms with Gasteiger partial charge in [-0.05, 0) is 0 Å². The van der Waals surface area contributed by atoms with Gasteiger partial charge in [0.15, 0.2) is 0 Å². The Morgan fingerprint density at radius 3 is 2.62 bits per heavy atom. The van der Waals surface area contributed by atoms with Gasteiger partial charge in [-0.3, -0.25) is 10.1 Å². The predicted octanol–water partition coefficient (Wildman–Crippen LogP) is 1.64. The molecule has 126 valence electrons. The molecule has 0 N–H and O–H groups in total. The van der Waals surface area contributed by atoms with E-state index in [-0.39, 0.29) is 11.1 Å². The summed E-state index contributed by atoms with van der Waals surface area (Å²) in [6, 6.07) is 6.47. The van der Waals surface area contributed by atoms with Crippen molar-refractivity contribution in [1.82, 2.24) is 9.80 Å². The SMILES string of the molecule is CC12CN3CCN(CC(C3)C1=N/N=C/c1cccc([N+](=O)[O-])c1)C2.